The second-order valence-electron chi connectivity index (χ2n) is 4.11. The van der Waals surface area contributed by atoms with Gasteiger partial charge in [0.2, 0.25) is 0 Å². The third kappa shape index (κ3) is 3.20. The minimum atomic E-state index is -4.02. The molecule has 0 unspecified atom stereocenters. The van der Waals surface area contributed by atoms with Gasteiger partial charge < -0.3 is 10.5 Å². The van der Waals surface area contributed by atoms with Crippen molar-refractivity contribution in [3.05, 3.63) is 47.2 Å². The number of nitrogens with two attached hydrogens (primary N) is 1. The minimum Gasteiger partial charge on any atom is -0.495 e. The van der Waals surface area contributed by atoms with Crippen molar-refractivity contribution in [3.8, 4) is 5.75 Å². The maximum absolute atomic E-state index is 13.4. The lowest BCUT2D eigenvalue weighted by atomic mass is 10.3. The molecule has 5 nitrogen and oxygen atoms in total. The van der Waals surface area contributed by atoms with E-state index in [-0.39, 0.29) is 10.6 Å². The molecule has 0 aromatic heterocycles. The normalized spacial score (nSPS) is 11.2. The van der Waals surface area contributed by atoms with Crippen LogP contribution in [0.4, 0.5) is 15.8 Å². The molecule has 0 spiro atoms. The summed E-state index contributed by atoms with van der Waals surface area (Å²) in [6.07, 6.45) is 0. The summed E-state index contributed by atoms with van der Waals surface area (Å²) in [6.45, 7) is 0. The average molecular weight is 331 g/mol. The molecule has 112 valence electrons. The molecule has 0 saturated carbocycles. The van der Waals surface area contributed by atoms with Crippen molar-refractivity contribution in [1.82, 2.24) is 0 Å². The molecule has 0 atom stereocenters. The van der Waals surface area contributed by atoms with Crippen LogP contribution in [-0.2, 0) is 10.0 Å². The standard InChI is InChI=1S/C13H12ClFN2O3S/c1-20-11-7-8(5-6-9(11)14)17-21(18,19)12-4-2-3-10(15)13(12)16/h2-7,17H,16H2,1H3. The van der Waals surface area contributed by atoms with E-state index in [1.165, 1.54) is 37.4 Å². The molecule has 0 amide bonds. The van der Waals surface area contributed by atoms with E-state index in [9.17, 15) is 12.8 Å². The van der Waals surface area contributed by atoms with E-state index >= 15 is 0 Å². The van der Waals surface area contributed by atoms with Gasteiger partial charge in [-0.05, 0) is 24.3 Å². The summed E-state index contributed by atoms with van der Waals surface area (Å²) in [5.74, 6) is -0.490. The van der Waals surface area contributed by atoms with E-state index in [4.69, 9.17) is 22.1 Å². The number of benzene rings is 2. The number of sulfonamides is 1. The molecular formula is C13H12ClFN2O3S. The van der Waals surface area contributed by atoms with Crippen molar-refractivity contribution in [2.75, 3.05) is 17.6 Å². The number of nitrogen functional groups attached to an aromatic ring is 1. The quantitative estimate of drug-likeness (QED) is 0.845. The summed E-state index contributed by atoms with van der Waals surface area (Å²) in [5.41, 5.74) is 5.25. The molecule has 8 heteroatoms. The van der Waals surface area contributed by atoms with Crippen LogP contribution in [0.3, 0.4) is 0 Å². The highest BCUT2D eigenvalue weighted by Gasteiger charge is 2.20. The number of hydrogen-bond acceptors (Lipinski definition) is 4. The number of ether oxygens (including phenoxy) is 1. The van der Waals surface area contributed by atoms with Crippen LogP contribution in [0.25, 0.3) is 0 Å². The zero-order valence-corrected chi connectivity index (χ0v) is 12.5. The molecular weight excluding hydrogens is 319 g/mol. The number of methoxy groups -OCH3 is 1. The number of rotatable bonds is 4. The summed E-state index contributed by atoms with van der Waals surface area (Å²) in [5, 5.41) is 0.339. The fourth-order valence-electron chi connectivity index (χ4n) is 1.68. The van der Waals surface area contributed by atoms with Crippen LogP contribution in [0, 0.1) is 5.82 Å². The van der Waals surface area contributed by atoms with Gasteiger partial charge in [-0.1, -0.05) is 17.7 Å². The van der Waals surface area contributed by atoms with Crippen molar-refractivity contribution in [2.24, 2.45) is 0 Å². The van der Waals surface area contributed by atoms with Gasteiger partial charge in [-0.2, -0.15) is 0 Å². The Kier molecular flexibility index (Phi) is 4.24. The lowest BCUT2D eigenvalue weighted by molar-refractivity contribution is 0.415. The van der Waals surface area contributed by atoms with Crippen LogP contribution in [0.15, 0.2) is 41.3 Å². The first-order chi connectivity index (χ1) is 9.85. The summed E-state index contributed by atoms with van der Waals surface area (Å²) in [6, 6.07) is 7.91. The van der Waals surface area contributed by atoms with Crippen molar-refractivity contribution < 1.29 is 17.5 Å². The van der Waals surface area contributed by atoms with E-state index in [1.54, 1.807) is 0 Å². The van der Waals surface area contributed by atoms with Gasteiger partial charge >= 0.3 is 0 Å². The van der Waals surface area contributed by atoms with Crippen molar-refractivity contribution in [1.29, 1.82) is 0 Å². The Bertz CT molecular complexity index is 781. The van der Waals surface area contributed by atoms with Gasteiger partial charge in [-0.3, -0.25) is 4.72 Å². The summed E-state index contributed by atoms with van der Waals surface area (Å²) >= 11 is 5.86. The summed E-state index contributed by atoms with van der Waals surface area (Å²) in [4.78, 5) is -0.337. The molecule has 21 heavy (non-hydrogen) atoms. The van der Waals surface area contributed by atoms with Gasteiger partial charge in [0.05, 0.1) is 23.5 Å². The Balaban J connectivity index is 2.40. The predicted molar refractivity (Wildman–Crippen MR) is 79.6 cm³/mol. The predicted octanol–water partition coefficient (Wildman–Crippen LogP) is 2.87. The summed E-state index contributed by atoms with van der Waals surface area (Å²) in [7, 11) is -2.61. The molecule has 2 aromatic rings. The van der Waals surface area contributed by atoms with E-state index in [0.29, 0.717) is 10.8 Å². The fourth-order valence-corrected chi connectivity index (χ4v) is 3.07. The highest BCUT2D eigenvalue weighted by atomic mass is 35.5. The Hall–Kier alpha value is -1.99. The SMILES string of the molecule is COc1cc(NS(=O)(=O)c2cccc(F)c2N)ccc1Cl. The molecule has 0 heterocycles. The molecule has 0 fully saturated rings. The molecule has 2 rings (SSSR count). The highest BCUT2D eigenvalue weighted by molar-refractivity contribution is 7.92. The molecule has 0 bridgehead atoms. The second-order valence-corrected chi connectivity index (χ2v) is 6.16. The van der Waals surface area contributed by atoms with Gasteiger partial charge in [0.1, 0.15) is 16.5 Å². The number of halogens is 2. The first-order valence-corrected chi connectivity index (χ1v) is 7.61. The largest absolute Gasteiger partial charge is 0.495 e. The van der Waals surface area contributed by atoms with Gasteiger partial charge in [0.15, 0.2) is 0 Å². The van der Waals surface area contributed by atoms with Gasteiger partial charge in [0.25, 0.3) is 10.0 Å². The fraction of sp³-hybridized carbons (Fsp3) is 0.0769. The van der Waals surface area contributed by atoms with E-state index in [0.717, 1.165) is 6.07 Å². The first kappa shape index (κ1) is 15.4. The zero-order valence-electron chi connectivity index (χ0n) is 10.9. The van der Waals surface area contributed by atoms with Gasteiger partial charge in [-0.15, -0.1) is 0 Å². The topological polar surface area (TPSA) is 81.4 Å². The lowest BCUT2D eigenvalue weighted by Crippen LogP contribution is -2.15. The van der Waals surface area contributed by atoms with Crippen molar-refractivity contribution >= 4 is 33.0 Å². The Labute approximate surface area is 126 Å². The van der Waals surface area contributed by atoms with Crippen LogP contribution in [0.2, 0.25) is 5.02 Å². The van der Waals surface area contributed by atoms with E-state index in [1.807, 2.05) is 0 Å². The van der Waals surface area contributed by atoms with Crippen molar-refractivity contribution in [3.63, 3.8) is 0 Å². The maximum atomic E-state index is 13.4. The van der Waals surface area contributed by atoms with Crippen LogP contribution in [-0.4, -0.2) is 15.5 Å². The zero-order chi connectivity index (χ0) is 15.6. The van der Waals surface area contributed by atoms with Gasteiger partial charge in [-0.25, -0.2) is 12.8 Å². The lowest BCUT2D eigenvalue weighted by Gasteiger charge is -2.12. The molecule has 0 aliphatic heterocycles. The molecule has 0 aliphatic rings. The maximum Gasteiger partial charge on any atom is 0.264 e. The third-order valence-corrected chi connectivity index (χ3v) is 4.46. The third-order valence-electron chi connectivity index (χ3n) is 2.71. The minimum absolute atomic E-state index is 0.222. The van der Waals surface area contributed by atoms with E-state index in [2.05, 4.69) is 4.72 Å². The number of para-hydroxylation sites is 1. The molecule has 2 aromatic carbocycles. The van der Waals surface area contributed by atoms with Crippen LogP contribution >= 0.6 is 11.6 Å². The second kappa shape index (κ2) is 5.79. The number of anilines is 2. The van der Waals surface area contributed by atoms with Crippen molar-refractivity contribution in [2.45, 2.75) is 4.90 Å². The molecule has 0 radical (unpaired) electrons. The average Bonchev–Trinajstić information content (AvgIpc) is 2.43. The molecule has 0 saturated heterocycles. The molecule has 3 N–H and O–H groups in total. The molecule has 0 aliphatic carbocycles. The Morgan fingerprint density at radius 1 is 1.29 bits per heavy atom. The number of hydrogen-bond donors (Lipinski definition) is 2. The smallest absolute Gasteiger partial charge is 0.264 e. The van der Waals surface area contributed by atoms with Gasteiger partial charge in [0, 0.05) is 6.07 Å². The van der Waals surface area contributed by atoms with Crippen LogP contribution in [0.1, 0.15) is 0 Å². The Morgan fingerprint density at radius 2 is 2.00 bits per heavy atom. The Morgan fingerprint density at radius 3 is 2.67 bits per heavy atom. The van der Waals surface area contributed by atoms with Crippen LogP contribution in [0.5, 0.6) is 5.75 Å². The highest BCUT2D eigenvalue weighted by Crippen LogP contribution is 2.29. The first-order valence-electron chi connectivity index (χ1n) is 5.75. The monoisotopic (exact) mass is 330 g/mol. The number of nitrogens with one attached hydrogen (secondary N) is 1. The van der Waals surface area contributed by atoms with Crippen LogP contribution < -0.4 is 15.2 Å². The summed E-state index contributed by atoms with van der Waals surface area (Å²) < 4.78 is 45.1. The van der Waals surface area contributed by atoms with E-state index < -0.39 is 21.5 Å².